The molecule has 1 aromatic rings. The molecule has 0 radical (unpaired) electrons. The molecule has 0 aromatic heterocycles. The third-order valence-corrected chi connectivity index (χ3v) is 3.07. The summed E-state index contributed by atoms with van der Waals surface area (Å²) in [5, 5.41) is 3.47. The van der Waals surface area contributed by atoms with Crippen molar-refractivity contribution < 1.29 is 18.9 Å². The van der Waals surface area contributed by atoms with Crippen LogP contribution in [0, 0.1) is 6.54 Å². The molecule has 19 heavy (non-hydrogen) atoms. The van der Waals surface area contributed by atoms with Crippen molar-refractivity contribution in [2.45, 2.75) is 52.9 Å². The Balaban J connectivity index is 0.00000324. The topological polar surface area (TPSA) is 12.0 Å². The summed E-state index contributed by atoms with van der Waals surface area (Å²) in [6.07, 6.45) is 5.31. The van der Waals surface area contributed by atoms with E-state index in [1.54, 1.807) is 0 Å². The van der Waals surface area contributed by atoms with Crippen molar-refractivity contribution in [3.8, 4) is 0 Å². The van der Waals surface area contributed by atoms with Gasteiger partial charge in [-0.25, -0.2) is 12.2 Å². The van der Waals surface area contributed by atoms with Crippen LogP contribution < -0.4 is 24.2 Å². The van der Waals surface area contributed by atoms with Gasteiger partial charge in [-0.05, 0) is 23.0 Å². The van der Waals surface area contributed by atoms with E-state index in [-0.39, 0.29) is 18.9 Å². The Bertz CT molecular complexity index is 368. The molecule has 2 heteroatoms. The summed E-state index contributed by atoms with van der Waals surface area (Å²) in [6.45, 7) is 13.2. The van der Waals surface area contributed by atoms with Gasteiger partial charge in [0.15, 0.2) is 0 Å². The minimum atomic E-state index is 0. The molecule has 0 saturated carbocycles. The summed E-state index contributed by atoms with van der Waals surface area (Å²) >= 11 is 0. The van der Waals surface area contributed by atoms with Gasteiger partial charge < -0.3 is 5.32 Å². The van der Waals surface area contributed by atoms with E-state index in [1.807, 2.05) is 6.54 Å². The largest absolute Gasteiger partial charge is 1.00 e. The quantitative estimate of drug-likeness (QED) is 0.605. The van der Waals surface area contributed by atoms with Crippen molar-refractivity contribution in [2.24, 2.45) is 0 Å². The van der Waals surface area contributed by atoms with Gasteiger partial charge in [-0.3, -0.25) is 0 Å². The molecule has 0 bridgehead atoms. The second-order valence-corrected chi connectivity index (χ2v) is 5.27. The van der Waals surface area contributed by atoms with Crippen LogP contribution in [0.3, 0.4) is 0 Å². The average Bonchev–Trinajstić information content (AvgIpc) is 2.34. The van der Waals surface area contributed by atoms with Crippen LogP contribution in [0.5, 0.6) is 0 Å². The minimum absolute atomic E-state index is 0. The van der Waals surface area contributed by atoms with Gasteiger partial charge >= 0.3 is 18.9 Å². The van der Waals surface area contributed by atoms with Gasteiger partial charge in [-0.1, -0.05) is 52.8 Å². The Labute approximate surface area is 131 Å². The first-order valence-corrected chi connectivity index (χ1v) is 6.95. The van der Waals surface area contributed by atoms with E-state index < -0.39 is 0 Å². The van der Waals surface area contributed by atoms with Crippen molar-refractivity contribution in [3.63, 3.8) is 0 Å². The molecule has 0 spiro atoms. The molecule has 0 heterocycles. The van der Waals surface area contributed by atoms with Crippen molar-refractivity contribution in [1.29, 1.82) is 0 Å². The van der Waals surface area contributed by atoms with Crippen molar-refractivity contribution in [2.75, 3.05) is 5.32 Å². The molecular formula is C17H26LiN. The van der Waals surface area contributed by atoms with Gasteiger partial charge in [-0.2, -0.15) is 0 Å². The number of hydrogen-bond donors (Lipinski definition) is 1. The molecule has 1 nitrogen and oxygen atoms in total. The van der Waals surface area contributed by atoms with Crippen molar-refractivity contribution in [3.05, 3.63) is 48.0 Å². The van der Waals surface area contributed by atoms with E-state index in [4.69, 9.17) is 0 Å². The van der Waals surface area contributed by atoms with Crippen LogP contribution in [0.15, 0.2) is 30.4 Å². The molecule has 1 N–H and O–H groups in total. The first-order chi connectivity index (χ1) is 8.57. The molecule has 100 valence electrons. The second kappa shape index (κ2) is 9.18. The fourth-order valence-electron chi connectivity index (χ4n) is 2.05. The predicted molar refractivity (Wildman–Crippen MR) is 82.0 cm³/mol. The van der Waals surface area contributed by atoms with E-state index in [9.17, 15) is 0 Å². The van der Waals surface area contributed by atoms with Crippen LogP contribution in [0.4, 0.5) is 5.69 Å². The van der Waals surface area contributed by atoms with Gasteiger partial charge in [0.05, 0.1) is 0 Å². The SMILES string of the molecule is CCC=C[CH-]Nc1c(C(C)C)cccc1C(C)C.[Li+]. The Morgan fingerprint density at radius 3 is 2.05 bits per heavy atom. The fourth-order valence-corrected chi connectivity index (χ4v) is 2.05. The van der Waals surface area contributed by atoms with Gasteiger partial charge in [0.2, 0.25) is 0 Å². The maximum absolute atomic E-state index is 3.47. The molecule has 1 aromatic carbocycles. The predicted octanol–water partition coefficient (Wildman–Crippen LogP) is 2.48. The van der Waals surface area contributed by atoms with Gasteiger partial charge in [0.1, 0.15) is 0 Å². The first-order valence-electron chi connectivity index (χ1n) is 6.95. The van der Waals surface area contributed by atoms with E-state index in [2.05, 4.69) is 70.3 Å². The molecule has 0 fully saturated rings. The molecule has 0 aliphatic carbocycles. The van der Waals surface area contributed by atoms with Crippen molar-refractivity contribution in [1.82, 2.24) is 0 Å². The summed E-state index contributed by atoms with van der Waals surface area (Å²) in [6, 6.07) is 6.60. The Kier molecular flexibility index (Phi) is 8.81. The van der Waals surface area contributed by atoms with E-state index >= 15 is 0 Å². The molecule has 0 aliphatic rings. The molecule has 0 aliphatic heterocycles. The van der Waals surface area contributed by atoms with E-state index in [1.165, 1.54) is 16.8 Å². The first kappa shape index (κ1) is 18.2. The van der Waals surface area contributed by atoms with Crippen LogP contribution in [-0.2, 0) is 0 Å². The maximum Gasteiger partial charge on any atom is 1.00 e. The van der Waals surface area contributed by atoms with E-state index in [0.29, 0.717) is 11.8 Å². The van der Waals surface area contributed by atoms with Crippen LogP contribution in [0.2, 0.25) is 0 Å². The van der Waals surface area contributed by atoms with Crippen LogP contribution in [-0.4, -0.2) is 0 Å². The van der Waals surface area contributed by atoms with Crippen LogP contribution in [0.25, 0.3) is 0 Å². The standard InChI is InChI=1S/C17H26N.Li/c1-6-7-8-12-18-17-15(13(2)3)10-9-11-16(17)14(4)5;/h7-14,18H,6H2,1-5H3;/q-1;+1. The van der Waals surface area contributed by atoms with Gasteiger partial charge in [0.25, 0.3) is 0 Å². The monoisotopic (exact) mass is 251 g/mol. The smallest absolute Gasteiger partial charge is 0.439 e. The zero-order valence-electron chi connectivity index (χ0n) is 13.3. The number of allylic oxidation sites excluding steroid dienone is 1. The third-order valence-electron chi connectivity index (χ3n) is 3.07. The molecule has 0 saturated heterocycles. The number of rotatable bonds is 6. The third kappa shape index (κ3) is 5.39. The minimum Gasteiger partial charge on any atom is -0.439 e. The summed E-state index contributed by atoms with van der Waals surface area (Å²) in [5.74, 6) is 1.07. The number of anilines is 1. The summed E-state index contributed by atoms with van der Waals surface area (Å²) in [7, 11) is 0. The summed E-state index contributed by atoms with van der Waals surface area (Å²) < 4.78 is 0. The second-order valence-electron chi connectivity index (χ2n) is 5.27. The zero-order chi connectivity index (χ0) is 13.5. The summed E-state index contributed by atoms with van der Waals surface area (Å²) in [4.78, 5) is 0. The average molecular weight is 251 g/mol. The molecule has 0 unspecified atom stereocenters. The van der Waals surface area contributed by atoms with Crippen LogP contribution >= 0.6 is 0 Å². The Morgan fingerprint density at radius 1 is 1.11 bits per heavy atom. The summed E-state index contributed by atoms with van der Waals surface area (Å²) in [5.41, 5.74) is 4.06. The number of para-hydroxylation sites is 1. The Hall–Kier alpha value is -0.773. The molecule has 0 amide bonds. The van der Waals surface area contributed by atoms with Gasteiger partial charge in [-0.15, -0.1) is 13.0 Å². The Morgan fingerprint density at radius 2 is 1.63 bits per heavy atom. The molecule has 0 atom stereocenters. The van der Waals surface area contributed by atoms with Gasteiger partial charge in [0, 0.05) is 5.69 Å². The molecular weight excluding hydrogens is 225 g/mol. The fraction of sp³-hybridized carbons (Fsp3) is 0.471. The van der Waals surface area contributed by atoms with Crippen molar-refractivity contribution >= 4 is 5.69 Å². The zero-order valence-corrected chi connectivity index (χ0v) is 13.3. The maximum atomic E-state index is 3.47. The number of hydrogen-bond acceptors (Lipinski definition) is 1. The van der Waals surface area contributed by atoms with E-state index in [0.717, 1.165) is 6.42 Å². The number of benzene rings is 1. The molecule has 1 rings (SSSR count). The number of nitrogens with one attached hydrogen (secondary N) is 1. The van der Waals surface area contributed by atoms with Crippen LogP contribution in [0.1, 0.15) is 64.0 Å². The normalized spacial score (nSPS) is 10.9.